The summed E-state index contributed by atoms with van der Waals surface area (Å²) in [7, 11) is 0. The van der Waals surface area contributed by atoms with E-state index in [1.54, 1.807) is 0 Å². The normalized spacial score (nSPS) is 34.1. The summed E-state index contributed by atoms with van der Waals surface area (Å²) < 4.78 is 0. The minimum absolute atomic E-state index is 0.0522. The molecular formula is C16H26N2O3. The molecule has 2 N–H and O–H groups in total. The summed E-state index contributed by atoms with van der Waals surface area (Å²) in [5.74, 6) is -0.815. The molecule has 0 aromatic carbocycles. The van der Waals surface area contributed by atoms with Crippen LogP contribution >= 0.6 is 0 Å². The van der Waals surface area contributed by atoms with Crippen molar-refractivity contribution >= 4 is 11.9 Å². The Kier molecular flexibility index (Phi) is 3.95. The first kappa shape index (κ1) is 14.8. The van der Waals surface area contributed by atoms with E-state index in [4.69, 9.17) is 0 Å². The number of carbonyl (C=O) groups excluding carboxylic acids is 1. The molecule has 3 aliphatic heterocycles. The molecule has 0 spiro atoms. The molecule has 3 aliphatic rings. The summed E-state index contributed by atoms with van der Waals surface area (Å²) in [6, 6.07) is 0.121. The number of hydrogen-bond acceptors (Lipinski definition) is 3. The fourth-order valence-electron chi connectivity index (χ4n) is 4.80. The molecule has 3 heterocycles. The van der Waals surface area contributed by atoms with Crippen LogP contribution in [0.2, 0.25) is 0 Å². The Labute approximate surface area is 126 Å². The van der Waals surface area contributed by atoms with Crippen LogP contribution in [-0.2, 0) is 9.59 Å². The van der Waals surface area contributed by atoms with Gasteiger partial charge in [0.1, 0.15) is 0 Å². The maximum Gasteiger partial charge on any atom is 0.308 e. The number of fused-ring (bicyclic) bond motifs is 2. The summed E-state index contributed by atoms with van der Waals surface area (Å²) in [4.78, 5) is 26.6. The number of aliphatic carboxylic acids is 1. The van der Waals surface area contributed by atoms with Crippen molar-refractivity contribution in [2.24, 2.45) is 11.3 Å². The highest BCUT2D eigenvalue weighted by Crippen LogP contribution is 2.46. The van der Waals surface area contributed by atoms with E-state index in [1.165, 1.54) is 0 Å². The minimum Gasteiger partial charge on any atom is -0.481 e. The SMILES string of the molecule is CCCC1(C(=O)N2C3CCC2C(C(=O)O)C3)CCNCC1. The van der Waals surface area contributed by atoms with Crippen LogP contribution in [0.15, 0.2) is 0 Å². The number of carboxylic acid groups (broad SMARTS) is 1. The van der Waals surface area contributed by atoms with Crippen LogP contribution in [0.4, 0.5) is 0 Å². The van der Waals surface area contributed by atoms with E-state index < -0.39 is 5.97 Å². The van der Waals surface area contributed by atoms with Gasteiger partial charge in [-0.2, -0.15) is 0 Å². The lowest BCUT2D eigenvalue weighted by Gasteiger charge is -2.40. The van der Waals surface area contributed by atoms with Gasteiger partial charge in [-0.25, -0.2) is 0 Å². The molecule has 0 radical (unpaired) electrons. The Morgan fingerprint density at radius 3 is 2.57 bits per heavy atom. The van der Waals surface area contributed by atoms with Crippen molar-refractivity contribution in [2.75, 3.05) is 13.1 Å². The van der Waals surface area contributed by atoms with Crippen molar-refractivity contribution in [3.63, 3.8) is 0 Å². The maximum absolute atomic E-state index is 13.2. The van der Waals surface area contributed by atoms with Crippen LogP contribution in [0.5, 0.6) is 0 Å². The van der Waals surface area contributed by atoms with E-state index >= 15 is 0 Å². The van der Waals surface area contributed by atoms with Crippen molar-refractivity contribution in [3.05, 3.63) is 0 Å². The highest BCUT2D eigenvalue weighted by Gasteiger charge is 2.55. The van der Waals surface area contributed by atoms with Gasteiger partial charge in [0.05, 0.1) is 11.3 Å². The summed E-state index contributed by atoms with van der Waals surface area (Å²) in [5.41, 5.74) is -0.242. The number of amides is 1. The van der Waals surface area contributed by atoms with Crippen molar-refractivity contribution in [3.8, 4) is 0 Å². The molecule has 21 heavy (non-hydrogen) atoms. The zero-order chi connectivity index (χ0) is 15.0. The Morgan fingerprint density at radius 1 is 1.29 bits per heavy atom. The van der Waals surface area contributed by atoms with Crippen molar-refractivity contribution in [1.82, 2.24) is 10.2 Å². The Balaban J connectivity index is 1.82. The third-order valence-corrected chi connectivity index (χ3v) is 5.83. The predicted molar refractivity (Wildman–Crippen MR) is 78.8 cm³/mol. The maximum atomic E-state index is 13.2. The quantitative estimate of drug-likeness (QED) is 0.826. The van der Waals surface area contributed by atoms with Gasteiger partial charge in [0, 0.05) is 12.1 Å². The molecule has 2 bridgehead atoms. The van der Waals surface area contributed by atoms with Crippen molar-refractivity contribution in [2.45, 2.75) is 64.0 Å². The smallest absolute Gasteiger partial charge is 0.308 e. The average Bonchev–Trinajstić information content (AvgIpc) is 3.05. The van der Waals surface area contributed by atoms with E-state index in [-0.39, 0.29) is 29.3 Å². The molecular weight excluding hydrogens is 268 g/mol. The number of nitrogens with zero attached hydrogens (tertiary/aromatic N) is 1. The van der Waals surface area contributed by atoms with Gasteiger partial charge in [-0.15, -0.1) is 0 Å². The lowest BCUT2D eigenvalue weighted by molar-refractivity contribution is -0.147. The first-order valence-electron chi connectivity index (χ1n) is 8.35. The van der Waals surface area contributed by atoms with E-state index in [1.807, 2.05) is 4.90 Å². The fraction of sp³-hybridized carbons (Fsp3) is 0.875. The molecule has 5 nitrogen and oxygen atoms in total. The molecule has 0 saturated carbocycles. The zero-order valence-corrected chi connectivity index (χ0v) is 12.8. The van der Waals surface area contributed by atoms with Gasteiger partial charge >= 0.3 is 5.97 Å². The summed E-state index contributed by atoms with van der Waals surface area (Å²) in [6.07, 6.45) is 6.25. The van der Waals surface area contributed by atoms with Crippen LogP contribution < -0.4 is 5.32 Å². The monoisotopic (exact) mass is 294 g/mol. The Bertz CT molecular complexity index is 426. The Morgan fingerprint density at radius 2 is 2.00 bits per heavy atom. The molecule has 3 fully saturated rings. The van der Waals surface area contributed by atoms with E-state index in [0.29, 0.717) is 6.42 Å². The van der Waals surface area contributed by atoms with Crippen LogP contribution in [-0.4, -0.2) is 47.1 Å². The number of rotatable bonds is 4. The third-order valence-electron chi connectivity index (χ3n) is 5.83. The molecule has 3 unspecified atom stereocenters. The molecule has 0 aliphatic carbocycles. The van der Waals surface area contributed by atoms with E-state index in [0.717, 1.165) is 51.6 Å². The standard InChI is InChI=1S/C16H26N2O3/c1-2-5-16(6-8-17-9-7-16)15(21)18-11-3-4-13(18)12(10-11)14(19)20/h11-13,17H,2-10H2,1H3,(H,19,20). The fourth-order valence-corrected chi connectivity index (χ4v) is 4.80. The first-order valence-corrected chi connectivity index (χ1v) is 8.35. The van der Waals surface area contributed by atoms with Crippen LogP contribution in [0.1, 0.15) is 51.9 Å². The minimum atomic E-state index is -0.727. The average molecular weight is 294 g/mol. The third kappa shape index (κ3) is 2.35. The highest BCUT2D eigenvalue weighted by atomic mass is 16.4. The van der Waals surface area contributed by atoms with Gasteiger partial charge in [0.15, 0.2) is 0 Å². The molecule has 118 valence electrons. The zero-order valence-electron chi connectivity index (χ0n) is 12.8. The summed E-state index contributed by atoms with van der Waals surface area (Å²) in [6.45, 7) is 3.93. The first-order chi connectivity index (χ1) is 10.1. The van der Waals surface area contributed by atoms with Crippen molar-refractivity contribution < 1.29 is 14.7 Å². The number of nitrogens with one attached hydrogen (secondary N) is 1. The van der Waals surface area contributed by atoms with Gasteiger partial charge in [-0.05, 0) is 51.6 Å². The predicted octanol–water partition coefficient (Wildman–Crippen LogP) is 1.62. The number of carboxylic acids is 1. The second-order valence-electron chi connectivity index (χ2n) is 6.97. The van der Waals surface area contributed by atoms with Crippen LogP contribution in [0.25, 0.3) is 0 Å². The molecule has 3 saturated heterocycles. The second-order valence-corrected chi connectivity index (χ2v) is 6.97. The van der Waals surface area contributed by atoms with Gasteiger partial charge in [-0.1, -0.05) is 13.3 Å². The molecule has 1 amide bonds. The van der Waals surface area contributed by atoms with Crippen LogP contribution in [0.3, 0.4) is 0 Å². The molecule has 0 aromatic rings. The largest absolute Gasteiger partial charge is 0.481 e. The number of piperidine rings is 1. The molecule has 5 heteroatoms. The Hall–Kier alpha value is -1.10. The van der Waals surface area contributed by atoms with Gasteiger partial charge in [-0.3, -0.25) is 9.59 Å². The number of hydrogen-bond donors (Lipinski definition) is 2. The second kappa shape index (κ2) is 5.59. The lowest BCUT2D eigenvalue weighted by Crippen LogP contribution is -2.51. The number of carbonyl (C=O) groups is 2. The van der Waals surface area contributed by atoms with E-state index in [2.05, 4.69) is 12.2 Å². The molecule has 3 rings (SSSR count). The molecule has 0 aromatic heterocycles. The highest BCUT2D eigenvalue weighted by molar-refractivity contribution is 5.85. The lowest BCUT2D eigenvalue weighted by atomic mass is 9.74. The summed E-state index contributed by atoms with van der Waals surface area (Å²) in [5, 5.41) is 12.7. The summed E-state index contributed by atoms with van der Waals surface area (Å²) >= 11 is 0. The van der Waals surface area contributed by atoms with Gasteiger partial charge < -0.3 is 15.3 Å². The van der Waals surface area contributed by atoms with E-state index in [9.17, 15) is 14.7 Å². The molecule has 3 atom stereocenters. The van der Waals surface area contributed by atoms with Gasteiger partial charge in [0.2, 0.25) is 5.91 Å². The van der Waals surface area contributed by atoms with Crippen molar-refractivity contribution in [1.29, 1.82) is 0 Å². The van der Waals surface area contributed by atoms with Gasteiger partial charge in [0.25, 0.3) is 0 Å². The van der Waals surface area contributed by atoms with Crippen LogP contribution in [0, 0.1) is 11.3 Å². The topological polar surface area (TPSA) is 69.6 Å².